The van der Waals surface area contributed by atoms with E-state index in [9.17, 15) is 9.90 Å². The van der Waals surface area contributed by atoms with Crippen LogP contribution in [0.5, 0.6) is 5.75 Å². The Labute approximate surface area is 139 Å². The van der Waals surface area contributed by atoms with Crippen molar-refractivity contribution in [1.29, 1.82) is 0 Å². The van der Waals surface area contributed by atoms with E-state index < -0.39 is 0 Å². The van der Waals surface area contributed by atoms with Gasteiger partial charge in [-0.3, -0.25) is 0 Å². The number of rotatable bonds is 4. The molecule has 0 saturated heterocycles. The van der Waals surface area contributed by atoms with Crippen molar-refractivity contribution in [2.75, 3.05) is 11.9 Å². The molecule has 0 radical (unpaired) electrons. The molecule has 0 aliphatic rings. The molecule has 3 rings (SSSR count). The first kappa shape index (κ1) is 15.8. The zero-order chi connectivity index (χ0) is 17.1. The molecule has 0 aliphatic heterocycles. The fourth-order valence-corrected chi connectivity index (χ4v) is 2.60. The third-order valence-electron chi connectivity index (χ3n) is 3.64. The van der Waals surface area contributed by atoms with Crippen LogP contribution in [0.2, 0.25) is 0 Å². The van der Waals surface area contributed by atoms with Crippen molar-refractivity contribution >= 4 is 28.2 Å². The first-order valence-corrected chi connectivity index (χ1v) is 7.76. The van der Waals surface area contributed by atoms with Gasteiger partial charge in [-0.1, -0.05) is 6.07 Å². The number of carbonyl (C=O) groups is 1. The number of phenols is 1. The number of phenolic OH excluding ortho intramolecular Hbond substituents is 1. The molecule has 2 aromatic carbocycles. The molecule has 3 aromatic rings. The average Bonchev–Trinajstić information content (AvgIpc) is 2.54. The van der Waals surface area contributed by atoms with Crippen LogP contribution in [0.4, 0.5) is 11.4 Å². The fourth-order valence-electron chi connectivity index (χ4n) is 2.60. The molecule has 0 amide bonds. The monoisotopic (exact) mass is 323 g/mol. The van der Waals surface area contributed by atoms with Crippen LogP contribution in [0.25, 0.3) is 10.9 Å². The molecule has 0 bridgehead atoms. The minimum atomic E-state index is -0.344. The summed E-state index contributed by atoms with van der Waals surface area (Å²) in [5, 5.41) is 13.8. The molecule has 0 atom stereocenters. The van der Waals surface area contributed by atoms with Gasteiger partial charge in [0.15, 0.2) is 5.69 Å². The number of aromatic hydroxyl groups is 1. The van der Waals surface area contributed by atoms with Gasteiger partial charge in [0, 0.05) is 30.8 Å². The Kier molecular flexibility index (Phi) is 4.33. The number of anilines is 2. The number of pyridine rings is 1. The van der Waals surface area contributed by atoms with Crippen LogP contribution in [-0.2, 0) is 4.74 Å². The quantitative estimate of drug-likeness (QED) is 0.720. The lowest BCUT2D eigenvalue weighted by Crippen LogP contribution is -2.11. The first-order valence-electron chi connectivity index (χ1n) is 7.76. The summed E-state index contributed by atoms with van der Waals surface area (Å²) >= 11 is 0. The topological polar surface area (TPSA) is 72.7 Å². The highest BCUT2D eigenvalue weighted by molar-refractivity contribution is 5.98. The maximum absolute atomic E-state index is 12.0. The zero-order valence-electron chi connectivity index (χ0n) is 13.6. The lowest BCUT2D eigenvalue weighted by Gasteiger charge is -2.10. The average molecular weight is 323 g/mol. The third-order valence-corrected chi connectivity index (χ3v) is 3.64. The van der Waals surface area contributed by atoms with E-state index >= 15 is 0 Å². The summed E-state index contributed by atoms with van der Waals surface area (Å²) in [5.41, 5.74) is 4.00. The highest BCUT2D eigenvalue weighted by Gasteiger charge is 2.14. The maximum atomic E-state index is 12.0. The smallest absolute Gasteiger partial charge is 0.338 e. The van der Waals surface area contributed by atoms with Crippen molar-refractivity contribution in [1.82, 2.24) is 0 Å². The minimum Gasteiger partial charge on any atom is -0.508 e. The maximum Gasteiger partial charge on any atom is 0.338 e. The standard InChI is InChI=1S/C19H18N2O3/c1-3-24-19(23)13-7-8-17-16(10-13)18(9-12(2)20-17)21-14-5-4-6-15(22)11-14/h4-11,22H,3H2,1-2H3,(H,20,21)/p+1. The normalized spacial score (nSPS) is 10.6. The number of nitrogens with one attached hydrogen (secondary N) is 2. The summed E-state index contributed by atoms with van der Waals surface area (Å²) in [5.74, 6) is -0.154. The summed E-state index contributed by atoms with van der Waals surface area (Å²) in [7, 11) is 0. The predicted octanol–water partition coefficient (Wildman–Crippen LogP) is 3.59. The Balaban J connectivity index is 2.07. The molecule has 0 aliphatic carbocycles. The number of H-pyrrole nitrogens is 1. The van der Waals surface area contributed by atoms with Crippen molar-refractivity contribution in [3.63, 3.8) is 0 Å². The molecule has 24 heavy (non-hydrogen) atoms. The van der Waals surface area contributed by atoms with Gasteiger partial charge < -0.3 is 15.2 Å². The van der Waals surface area contributed by atoms with Gasteiger partial charge in [0.25, 0.3) is 0 Å². The van der Waals surface area contributed by atoms with Crippen LogP contribution >= 0.6 is 0 Å². The Morgan fingerprint density at radius 1 is 1.21 bits per heavy atom. The summed E-state index contributed by atoms with van der Waals surface area (Å²) in [6, 6.07) is 14.3. The van der Waals surface area contributed by atoms with E-state index in [0.29, 0.717) is 12.2 Å². The number of esters is 1. The van der Waals surface area contributed by atoms with Gasteiger partial charge in [-0.2, -0.15) is 0 Å². The summed E-state index contributed by atoms with van der Waals surface area (Å²) < 4.78 is 5.07. The lowest BCUT2D eigenvalue weighted by molar-refractivity contribution is -0.354. The second-order valence-electron chi connectivity index (χ2n) is 5.52. The number of hydrogen-bond acceptors (Lipinski definition) is 4. The number of aromatic amines is 1. The molecule has 122 valence electrons. The minimum absolute atomic E-state index is 0.190. The third kappa shape index (κ3) is 3.30. The highest BCUT2D eigenvalue weighted by atomic mass is 16.5. The van der Waals surface area contributed by atoms with Crippen LogP contribution in [0.1, 0.15) is 23.0 Å². The van der Waals surface area contributed by atoms with Crippen molar-refractivity contribution in [3.05, 3.63) is 59.8 Å². The molecule has 0 spiro atoms. The molecule has 1 aromatic heterocycles. The molecule has 5 heteroatoms. The van der Waals surface area contributed by atoms with E-state index in [1.54, 1.807) is 37.3 Å². The number of carbonyl (C=O) groups excluding carboxylic acids is 1. The van der Waals surface area contributed by atoms with Gasteiger partial charge in [-0.25, -0.2) is 9.78 Å². The number of aromatic nitrogens is 1. The van der Waals surface area contributed by atoms with Crippen LogP contribution in [0.3, 0.4) is 0 Å². The second-order valence-corrected chi connectivity index (χ2v) is 5.52. The molecular weight excluding hydrogens is 304 g/mol. The number of fused-ring (bicyclic) bond motifs is 1. The van der Waals surface area contributed by atoms with Gasteiger partial charge in [0.05, 0.1) is 23.2 Å². The number of aryl methyl sites for hydroxylation is 1. The van der Waals surface area contributed by atoms with Crippen LogP contribution in [0, 0.1) is 6.92 Å². The Morgan fingerprint density at radius 2 is 2.04 bits per heavy atom. The van der Waals surface area contributed by atoms with E-state index in [-0.39, 0.29) is 11.7 Å². The molecule has 1 heterocycles. The van der Waals surface area contributed by atoms with E-state index in [2.05, 4.69) is 10.3 Å². The zero-order valence-corrected chi connectivity index (χ0v) is 13.6. The lowest BCUT2D eigenvalue weighted by atomic mass is 10.1. The molecule has 5 nitrogen and oxygen atoms in total. The molecule has 3 N–H and O–H groups in total. The van der Waals surface area contributed by atoms with Crippen LogP contribution < -0.4 is 10.3 Å². The summed E-state index contributed by atoms with van der Waals surface area (Å²) in [4.78, 5) is 15.3. The van der Waals surface area contributed by atoms with Gasteiger partial charge in [-0.15, -0.1) is 0 Å². The molecule has 0 unspecified atom stereocenters. The molecular formula is C19H19N2O3+. The Bertz CT molecular complexity index is 906. The highest BCUT2D eigenvalue weighted by Crippen LogP contribution is 2.27. The van der Waals surface area contributed by atoms with E-state index in [1.165, 1.54) is 0 Å². The van der Waals surface area contributed by atoms with Crippen LogP contribution in [-0.4, -0.2) is 17.7 Å². The van der Waals surface area contributed by atoms with Crippen molar-refractivity contribution in [3.8, 4) is 5.75 Å². The first-order chi connectivity index (χ1) is 11.6. The number of benzene rings is 2. The molecule has 0 saturated carbocycles. The summed E-state index contributed by atoms with van der Waals surface area (Å²) in [6.07, 6.45) is 0. The number of ether oxygens (including phenoxy) is 1. The largest absolute Gasteiger partial charge is 0.508 e. The predicted molar refractivity (Wildman–Crippen MR) is 92.6 cm³/mol. The molecule has 0 fully saturated rings. The van der Waals surface area contributed by atoms with Crippen LogP contribution in [0.15, 0.2) is 48.5 Å². The van der Waals surface area contributed by atoms with E-state index in [4.69, 9.17) is 4.74 Å². The van der Waals surface area contributed by atoms with E-state index in [1.807, 2.05) is 25.1 Å². The van der Waals surface area contributed by atoms with Gasteiger partial charge in [0.1, 0.15) is 5.75 Å². The fraction of sp³-hybridized carbons (Fsp3) is 0.158. The van der Waals surface area contributed by atoms with Gasteiger partial charge in [0.2, 0.25) is 5.52 Å². The van der Waals surface area contributed by atoms with Crippen molar-refractivity contribution in [2.45, 2.75) is 13.8 Å². The SMILES string of the molecule is CCOC(=O)c1ccc2[nH+]c(C)cc(Nc3cccc(O)c3)c2c1. The van der Waals surface area contributed by atoms with Crippen molar-refractivity contribution in [2.24, 2.45) is 0 Å². The Hall–Kier alpha value is -3.08. The van der Waals surface area contributed by atoms with E-state index in [0.717, 1.165) is 28.0 Å². The number of hydrogen-bond donors (Lipinski definition) is 2. The summed E-state index contributed by atoms with van der Waals surface area (Å²) in [6.45, 7) is 4.09. The second kappa shape index (κ2) is 6.58. The van der Waals surface area contributed by atoms with Gasteiger partial charge >= 0.3 is 5.97 Å². The Morgan fingerprint density at radius 3 is 2.79 bits per heavy atom. The van der Waals surface area contributed by atoms with Gasteiger partial charge in [-0.05, 0) is 31.2 Å². The van der Waals surface area contributed by atoms with Crippen molar-refractivity contribution < 1.29 is 19.6 Å².